The van der Waals surface area contributed by atoms with Gasteiger partial charge in [0, 0.05) is 5.92 Å². The van der Waals surface area contributed by atoms with Crippen molar-refractivity contribution < 1.29 is 53.8 Å². The molecule has 0 radical (unpaired) electrons. The van der Waals surface area contributed by atoms with E-state index in [0.717, 1.165) is 0 Å². The standard InChI is InChI=1S/C20H24O11/c1-5-12(24)28-11-8(22)18-10-6(21)7(16(2,3)4)17(18)9(23)13(25)30-15(17)31-20(18,14(26)29-10)19(5,11)27/h5-11,15,21-23,27H,1-4H3/t5-,6-,7+,8+,9+,10?,11+,15?,17?,18?,19-,20+/m1/s1. The number of fused-ring (bicyclic) bond motifs is 1. The fourth-order valence-corrected chi connectivity index (χ4v) is 8.27. The summed E-state index contributed by atoms with van der Waals surface area (Å²) in [7, 11) is 0. The molecule has 4 saturated heterocycles. The van der Waals surface area contributed by atoms with Crippen LogP contribution >= 0.6 is 0 Å². The van der Waals surface area contributed by atoms with Gasteiger partial charge in [-0.05, 0) is 12.3 Å². The summed E-state index contributed by atoms with van der Waals surface area (Å²) in [6.07, 6.45) is -9.69. The smallest absolute Gasteiger partial charge is 0.343 e. The Morgan fingerprint density at radius 1 is 0.935 bits per heavy atom. The van der Waals surface area contributed by atoms with Crippen LogP contribution in [0.4, 0.5) is 0 Å². The molecule has 4 N–H and O–H groups in total. The summed E-state index contributed by atoms with van der Waals surface area (Å²) in [5.41, 5.74) is -9.40. The zero-order valence-corrected chi connectivity index (χ0v) is 17.3. The Hall–Kier alpha value is -1.79. The van der Waals surface area contributed by atoms with Gasteiger partial charge in [-0.1, -0.05) is 20.8 Å². The second-order valence-corrected chi connectivity index (χ2v) is 10.8. The first-order chi connectivity index (χ1) is 14.3. The normalized spacial score (nSPS) is 61.0. The van der Waals surface area contributed by atoms with Gasteiger partial charge in [0.1, 0.15) is 12.2 Å². The van der Waals surface area contributed by atoms with Crippen LogP contribution < -0.4 is 0 Å². The van der Waals surface area contributed by atoms with Gasteiger partial charge in [0.2, 0.25) is 11.9 Å². The van der Waals surface area contributed by atoms with Crippen molar-refractivity contribution in [3.05, 3.63) is 0 Å². The van der Waals surface area contributed by atoms with Crippen molar-refractivity contribution in [2.24, 2.45) is 28.1 Å². The number of rotatable bonds is 0. The molecule has 4 heterocycles. The summed E-state index contributed by atoms with van der Waals surface area (Å²) in [5, 5.41) is 46.1. The molecule has 6 aliphatic rings. The Morgan fingerprint density at radius 3 is 2.19 bits per heavy atom. The van der Waals surface area contributed by atoms with Gasteiger partial charge >= 0.3 is 17.9 Å². The summed E-state index contributed by atoms with van der Waals surface area (Å²) in [5.74, 6) is -5.22. The van der Waals surface area contributed by atoms with Gasteiger partial charge in [-0.15, -0.1) is 0 Å². The molecule has 170 valence electrons. The SMILES string of the molecule is C[C@@H]1C(=O)O[C@H]2[C@H](O)C34C5OC(=O)[C@@]3(OC3OC(=O)[C@H](O)C34[C@H](C(C)(C)C)[C@H]5O)[C@@]12O. The Morgan fingerprint density at radius 2 is 1.58 bits per heavy atom. The topological polar surface area (TPSA) is 169 Å². The van der Waals surface area contributed by atoms with Crippen molar-refractivity contribution in [2.45, 2.75) is 75.7 Å². The Balaban J connectivity index is 1.75. The maximum Gasteiger partial charge on any atom is 0.343 e. The molecule has 0 amide bonds. The second-order valence-electron chi connectivity index (χ2n) is 10.8. The van der Waals surface area contributed by atoms with E-state index in [2.05, 4.69) is 0 Å². The summed E-state index contributed by atoms with van der Waals surface area (Å²) in [6.45, 7) is 6.63. The van der Waals surface area contributed by atoms with Crippen LogP contribution in [0.5, 0.6) is 0 Å². The molecule has 0 bridgehead atoms. The van der Waals surface area contributed by atoms with Crippen LogP contribution in [-0.4, -0.2) is 86.3 Å². The Labute approximate surface area is 176 Å². The largest absolute Gasteiger partial charge is 0.456 e. The van der Waals surface area contributed by atoms with Gasteiger partial charge in [0.15, 0.2) is 17.8 Å². The summed E-state index contributed by atoms with van der Waals surface area (Å²) < 4.78 is 22.2. The van der Waals surface area contributed by atoms with Crippen molar-refractivity contribution in [3.8, 4) is 0 Å². The molecule has 11 nitrogen and oxygen atoms in total. The third-order valence-electron chi connectivity index (χ3n) is 8.95. The van der Waals surface area contributed by atoms with E-state index in [4.69, 9.17) is 18.9 Å². The van der Waals surface area contributed by atoms with E-state index in [1.54, 1.807) is 20.8 Å². The lowest BCUT2D eigenvalue weighted by atomic mass is 9.51. The fraction of sp³-hybridized carbons (Fsp3) is 0.850. The first-order valence-corrected chi connectivity index (χ1v) is 10.3. The number of carbonyl (C=O) groups excluding carboxylic acids is 3. The monoisotopic (exact) mass is 440 g/mol. The molecule has 2 aliphatic carbocycles. The van der Waals surface area contributed by atoms with Crippen LogP contribution in [0.15, 0.2) is 0 Å². The van der Waals surface area contributed by atoms with Gasteiger partial charge in [0.05, 0.1) is 22.9 Å². The maximum absolute atomic E-state index is 13.4. The molecule has 2 saturated carbocycles. The fourth-order valence-electron chi connectivity index (χ4n) is 8.27. The molecule has 0 aromatic heterocycles. The summed E-state index contributed by atoms with van der Waals surface area (Å²) >= 11 is 0. The number of carbonyl (C=O) groups is 3. The lowest BCUT2D eigenvalue weighted by molar-refractivity contribution is -0.240. The molecule has 4 aliphatic heterocycles. The van der Waals surface area contributed by atoms with E-state index in [1.165, 1.54) is 6.92 Å². The molecule has 2 spiro atoms. The first kappa shape index (κ1) is 19.9. The van der Waals surface area contributed by atoms with E-state index in [9.17, 15) is 34.8 Å². The van der Waals surface area contributed by atoms with Gasteiger partial charge in [-0.2, -0.15) is 0 Å². The highest BCUT2D eigenvalue weighted by atomic mass is 16.8. The number of aliphatic hydroxyl groups excluding tert-OH is 3. The highest BCUT2D eigenvalue weighted by molar-refractivity contribution is 5.94. The van der Waals surface area contributed by atoms with Crippen LogP contribution in [0.1, 0.15) is 27.7 Å². The lowest BCUT2D eigenvalue weighted by Crippen LogP contribution is -2.67. The molecule has 12 atom stereocenters. The predicted molar refractivity (Wildman–Crippen MR) is 93.4 cm³/mol. The van der Waals surface area contributed by atoms with Gasteiger partial charge in [0.25, 0.3) is 0 Å². The zero-order valence-electron chi connectivity index (χ0n) is 17.3. The summed E-state index contributed by atoms with van der Waals surface area (Å²) in [6, 6.07) is 0. The minimum atomic E-state index is -2.40. The van der Waals surface area contributed by atoms with E-state index in [0.29, 0.717) is 0 Å². The quantitative estimate of drug-likeness (QED) is 0.234. The van der Waals surface area contributed by atoms with Crippen molar-refractivity contribution in [2.75, 3.05) is 0 Å². The maximum atomic E-state index is 13.4. The van der Waals surface area contributed by atoms with Crippen LogP contribution in [0, 0.1) is 28.1 Å². The number of hydrogen-bond donors (Lipinski definition) is 4. The highest BCUT2D eigenvalue weighted by Crippen LogP contribution is 2.84. The van der Waals surface area contributed by atoms with Crippen LogP contribution in [-0.2, 0) is 33.3 Å². The second kappa shape index (κ2) is 4.91. The van der Waals surface area contributed by atoms with E-state index in [-0.39, 0.29) is 0 Å². The molecule has 0 aromatic carbocycles. The molecule has 0 aromatic rings. The predicted octanol–water partition coefficient (Wildman–Crippen LogP) is -2.40. The number of aliphatic hydroxyl groups is 4. The van der Waals surface area contributed by atoms with Crippen LogP contribution in [0.3, 0.4) is 0 Å². The number of hydrogen-bond acceptors (Lipinski definition) is 11. The van der Waals surface area contributed by atoms with E-state index in [1.807, 2.05) is 0 Å². The molecule has 11 heteroatoms. The Kier molecular flexibility index (Phi) is 3.15. The average molecular weight is 440 g/mol. The van der Waals surface area contributed by atoms with Gasteiger partial charge in [-0.25, -0.2) is 9.59 Å². The van der Waals surface area contributed by atoms with Crippen LogP contribution in [0.25, 0.3) is 0 Å². The zero-order chi connectivity index (χ0) is 22.7. The van der Waals surface area contributed by atoms with E-state index >= 15 is 0 Å². The molecule has 6 rings (SSSR count). The van der Waals surface area contributed by atoms with Crippen LogP contribution in [0.2, 0.25) is 0 Å². The van der Waals surface area contributed by atoms with Crippen molar-refractivity contribution >= 4 is 17.9 Å². The molecule has 4 unspecified atom stereocenters. The Bertz CT molecular complexity index is 957. The number of esters is 3. The molecule has 31 heavy (non-hydrogen) atoms. The minimum Gasteiger partial charge on any atom is -0.456 e. The first-order valence-electron chi connectivity index (χ1n) is 10.3. The van der Waals surface area contributed by atoms with Crippen molar-refractivity contribution in [3.63, 3.8) is 0 Å². The third-order valence-corrected chi connectivity index (χ3v) is 8.95. The highest BCUT2D eigenvalue weighted by Gasteiger charge is 3.05. The van der Waals surface area contributed by atoms with Crippen molar-refractivity contribution in [1.82, 2.24) is 0 Å². The molecule has 6 fully saturated rings. The number of ether oxygens (including phenoxy) is 4. The lowest BCUT2D eigenvalue weighted by Gasteiger charge is -2.47. The van der Waals surface area contributed by atoms with Gasteiger partial charge < -0.3 is 39.4 Å². The average Bonchev–Trinajstić information content (AvgIpc) is 3.35. The van der Waals surface area contributed by atoms with E-state index < -0.39 is 94.0 Å². The van der Waals surface area contributed by atoms with Crippen molar-refractivity contribution in [1.29, 1.82) is 0 Å². The van der Waals surface area contributed by atoms with Gasteiger partial charge in [-0.3, -0.25) is 4.79 Å². The molecular weight excluding hydrogens is 416 g/mol. The third kappa shape index (κ3) is 1.43. The minimum absolute atomic E-state index is 0.792. The molecular formula is C20H24O11. The summed E-state index contributed by atoms with van der Waals surface area (Å²) in [4.78, 5) is 38.3.